The summed E-state index contributed by atoms with van der Waals surface area (Å²) in [6.45, 7) is 0.911. The molecule has 3 heteroatoms. The predicted octanol–water partition coefficient (Wildman–Crippen LogP) is 3.34. The van der Waals surface area contributed by atoms with Crippen LogP contribution in [0.15, 0.2) is 48.7 Å². The van der Waals surface area contributed by atoms with Gasteiger partial charge in [-0.25, -0.2) is 0 Å². The summed E-state index contributed by atoms with van der Waals surface area (Å²) in [4.78, 5) is 0. The Morgan fingerprint density at radius 3 is 2.78 bits per heavy atom. The van der Waals surface area contributed by atoms with Crippen molar-refractivity contribution in [2.24, 2.45) is 0 Å². The molecule has 0 spiro atoms. The van der Waals surface area contributed by atoms with Crippen molar-refractivity contribution in [3.63, 3.8) is 0 Å². The number of anilines is 1. The fourth-order valence-corrected chi connectivity index (χ4v) is 3.41. The molecule has 3 aromatic rings. The van der Waals surface area contributed by atoms with Crippen LogP contribution < -0.4 is 8.87 Å². The molecule has 4 rings (SSSR count). The van der Waals surface area contributed by atoms with Gasteiger partial charge in [-0.1, -0.05) is 18.2 Å². The number of hydrogen-bond acceptors (Lipinski definition) is 2. The maximum absolute atomic E-state index is 2.34. The number of nitrogens with zero attached hydrogens (tertiary/aromatic N) is 2. The SMILES string of the molecule is CSN1C[n+]2cccc3ccc4cccc1c4c32. The van der Waals surface area contributed by atoms with Crippen LogP contribution in [-0.4, -0.2) is 6.26 Å². The van der Waals surface area contributed by atoms with Crippen LogP contribution in [0.1, 0.15) is 0 Å². The molecule has 2 aromatic carbocycles. The molecule has 0 radical (unpaired) electrons. The summed E-state index contributed by atoms with van der Waals surface area (Å²) in [7, 11) is 0. The summed E-state index contributed by atoms with van der Waals surface area (Å²) in [5.41, 5.74) is 2.69. The van der Waals surface area contributed by atoms with E-state index >= 15 is 0 Å². The number of aromatic nitrogens is 1. The first kappa shape index (κ1) is 10.2. The van der Waals surface area contributed by atoms with Gasteiger partial charge in [-0.15, -0.1) is 0 Å². The smallest absolute Gasteiger partial charge is 0.233 e. The van der Waals surface area contributed by atoms with Crippen molar-refractivity contribution in [1.29, 1.82) is 0 Å². The molecule has 0 fully saturated rings. The van der Waals surface area contributed by atoms with Gasteiger partial charge in [-0.2, -0.15) is 4.57 Å². The molecule has 88 valence electrons. The molecule has 1 aliphatic rings. The Labute approximate surface area is 110 Å². The fraction of sp³-hybridized carbons (Fsp3) is 0.133. The normalized spacial score (nSPS) is 13.7. The van der Waals surface area contributed by atoms with E-state index in [0.29, 0.717) is 0 Å². The third-order valence-electron chi connectivity index (χ3n) is 3.63. The predicted molar refractivity (Wildman–Crippen MR) is 77.6 cm³/mol. The van der Waals surface area contributed by atoms with E-state index in [1.54, 1.807) is 11.9 Å². The second kappa shape index (κ2) is 3.62. The van der Waals surface area contributed by atoms with Gasteiger partial charge >= 0.3 is 0 Å². The van der Waals surface area contributed by atoms with Crippen LogP contribution in [0.25, 0.3) is 21.7 Å². The van der Waals surface area contributed by atoms with Gasteiger partial charge in [0.05, 0.1) is 11.1 Å². The van der Waals surface area contributed by atoms with Crippen molar-refractivity contribution in [1.82, 2.24) is 0 Å². The lowest BCUT2D eigenvalue weighted by atomic mass is 10.0. The fourth-order valence-electron chi connectivity index (χ4n) is 2.82. The third-order valence-corrected chi connectivity index (χ3v) is 4.38. The largest absolute Gasteiger partial charge is 0.258 e. The van der Waals surface area contributed by atoms with Crippen LogP contribution in [0.2, 0.25) is 0 Å². The van der Waals surface area contributed by atoms with E-state index in [2.05, 4.69) is 63.8 Å². The molecule has 0 aliphatic carbocycles. The standard InChI is InChI=1S/C15H13N2S/c1-18-17-10-16-9-3-5-12-8-7-11-4-2-6-13(17)14(11)15(12)16/h2-9H,10H2,1H3/q+1. The number of hydrogen-bond donors (Lipinski definition) is 0. The first-order valence-corrected chi connectivity index (χ1v) is 7.22. The van der Waals surface area contributed by atoms with E-state index in [4.69, 9.17) is 0 Å². The van der Waals surface area contributed by atoms with E-state index in [1.165, 1.54) is 27.4 Å². The quantitative estimate of drug-likeness (QED) is 0.373. The molecule has 0 atom stereocenters. The van der Waals surface area contributed by atoms with Gasteiger partial charge in [0.1, 0.15) is 0 Å². The highest BCUT2D eigenvalue weighted by atomic mass is 32.2. The Bertz CT molecular complexity index is 767. The van der Waals surface area contributed by atoms with E-state index in [1.807, 2.05) is 0 Å². The highest BCUT2D eigenvalue weighted by molar-refractivity contribution is 7.99. The summed E-state index contributed by atoms with van der Waals surface area (Å²) in [5.74, 6) is 0. The zero-order chi connectivity index (χ0) is 12.1. The minimum absolute atomic E-state index is 0.911. The Kier molecular flexibility index (Phi) is 2.06. The topological polar surface area (TPSA) is 7.12 Å². The van der Waals surface area contributed by atoms with Gasteiger partial charge in [0.25, 0.3) is 0 Å². The molecular weight excluding hydrogens is 240 g/mol. The number of pyridine rings is 1. The molecule has 0 N–H and O–H groups in total. The maximum atomic E-state index is 2.34. The molecule has 2 heterocycles. The second-order valence-corrected chi connectivity index (χ2v) is 5.37. The van der Waals surface area contributed by atoms with Gasteiger partial charge in [0.15, 0.2) is 6.20 Å². The molecule has 0 unspecified atom stereocenters. The van der Waals surface area contributed by atoms with Crippen molar-refractivity contribution in [3.8, 4) is 0 Å². The van der Waals surface area contributed by atoms with Crippen LogP contribution in [-0.2, 0) is 6.67 Å². The molecule has 2 nitrogen and oxygen atoms in total. The average molecular weight is 253 g/mol. The molecule has 0 saturated heterocycles. The van der Waals surface area contributed by atoms with Crippen molar-refractivity contribution in [2.45, 2.75) is 6.67 Å². The maximum Gasteiger partial charge on any atom is 0.233 e. The Balaban J connectivity index is 2.28. The van der Waals surface area contributed by atoms with Gasteiger partial charge < -0.3 is 0 Å². The van der Waals surface area contributed by atoms with Crippen LogP contribution in [0.5, 0.6) is 0 Å². The molecule has 0 bridgehead atoms. The van der Waals surface area contributed by atoms with Crippen LogP contribution >= 0.6 is 11.9 Å². The van der Waals surface area contributed by atoms with Gasteiger partial charge in [-0.05, 0) is 35.5 Å². The van der Waals surface area contributed by atoms with Gasteiger partial charge in [-0.3, -0.25) is 4.31 Å². The van der Waals surface area contributed by atoms with E-state index < -0.39 is 0 Å². The van der Waals surface area contributed by atoms with Gasteiger partial charge in [0, 0.05) is 17.7 Å². The van der Waals surface area contributed by atoms with Crippen molar-refractivity contribution in [3.05, 3.63) is 48.7 Å². The summed E-state index contributed by atoms with van der Waals surface area (Å²) in [5, 5.41) is 4.01. The Morgan fingerprint density at radius 1 is 1.06 bits per heavy atom. The lowest BCUT2D eigenvalue weighted by molar-refractivity contribution is -0.668. The summed E-state index contributed by atoms with van der Waals surface area (Å²) >= 11 is 1.78. The molecule has 0 amide bonds. The lowest BCUT2D eigenvalue weighted by Crippen LogP contribution is -2.44. The van der Waals surface area contributed by atoms with Crippen molar-refractivity contribution in [2.75, 3.05) is 10.6 Å². The molecular formula is C15H13N2S+. The van der Waals surface area contributed by atoms with E-state index in [0.717, 1.165) is 6.67 Å². The highest BCUT2D eigenvalue weighted by Crippen LogP contribution is 2.36. The van der Waals surface area contributed by atoms with Crippen LogP contribution in [0, 0.1) is 0 Å². The van der Waals surface area contributed by atoms with E-state index in [9.17, 15) is 0 Å². The first-order chi connectivity index (χ1) is 8.88. The number of benzene rings is 2. The Morgan fingerprint density at radius 2 is 1.89 bits per heavy atom. The third kappa shape index (κ3) is 1.22. The zero-order valence-electron chi connectivity index (χ0n) is 10.1. The summed E-state index contributed by atoms with van der Waals surface area (Å²) in [6.07, 6.45) is 4.30. The van der Waals surface area contributed by atoms with Crippen LogP contribution in [0.3, 0.4) is 0 Å². The second-order valence-electron chi connectivity index (χ2n) is 4.56. The van der Waals surface area contributed by atoms with Crippen molar-refractivity contribution >= 4 is 39.3 Å². The minimum atomic E-state index is 0.911. The Hall–Kier alpha value is -1.74. The average Bonchev–Trinajstić information content (AvgIpc) is 2.44. The van der Waals surface area contributed by atoms with E-state index in [-0.39, 0.29) is 0 Å². The van der Waals surface area contributed by atoms with Crippen LogP contribution in [0.4, 0.5) is 5.69 Å². The molecule has 18 heavy (non-hydrogen) atoms. The molecule has 1 aliphatic heterocycles. The molecule has 1 aromatic heterocycles. The summed E-state index contributed by atoms with van der Waals surface area (Å²) < 4.78 is 4.68. The minimum Gasteiger partial charge on any atom is -0.258 e. The van der Waals surface area contributed by atoms with Gasteiger partial charge in [0.2, 0.25) is 12.2 Å². The lowest BCUT2D eigenvalue weighted by Gasteiger charge is -2.24. The number of rotatable bonds is 1. The summed E-state index contributed by atoms with van der Waals surface area (Å²) in [6, 6.07) is 15.3. The monoisotopic (exact) mass is 253 g/mol. The van der Waals surface area contributed by atoms with Crippen molar-refractivity contribution < 1.29 is 4.57 Å². The highest BCUT2D eigenvalue weighted by Gasteiger charge is 2.25. The zero-order valence-corrected chi connectivity index (χ0v) is 10.9. The first-order valence-electron chi connectivity index (χ1n) is 6.04. The molecule has 0 saturated carbocycles.